The van der Waals surface area contributed by atoms with Crippen molar-refractivity contribution in [2.75, 3.05) is 16.2 Å². The van der Waals surface area contributed by atoms with Gasteiger partial charge in [-0.3, -0.25) is 0 Å². The highest BCUT2D eigenvalue weighted by atomic mass is 79.9. The second-order valence-electron chi connectivity index (χ2n) is 5.58. The zero-order valence-corrected chi connectivity index (χ0v) is 15.4. The Morgan fingerprint density at radius 2 is 1.67 bits per heavy atom. The zero-order valence-electron chi connectivity index (χ0n) is 13.0. The lowest BCUT2D eigenvalue weighted by Gasteiger charge is -2.37. The van der Waals surface area contributed by atoms with Crippen LogP contribution in [0.15, 0.2) is 48.5 Å². The van der Waals surface area contributed by atoms with E-state index in [2.05, 4.69) is 15.9 Å². The van der Waals surface area contributed by atoms with E-state index in [1.165, 1.54) is 16.4 Å². The summed E-state index contributed by atoms with van der Waals surface area (Å²) in [6, 6.07) is 13.2. The van der Waals surface area contributed by atoms with Crippen molar-refractivity contribution in [3.05, 3.63) is 59.9 Å². The number of hydrogen-bond donors (Lipinski definition) is 0. The predicted octanol–water partition coefficient (Wildman–Crippen LogP) is 4.20. The highest BCUT2D eigenvalue weighted by Crippen LogP contribution is 2.39. The third-order valence-electron chi connectivity index (χ3n) is 3.98. The lowest BCUT2D eigenvalue weighted by atomic mass is 10.1. The fourth-order valence-electron chi connectivity index (χ4n) is 2.80. The van der Waals surface area contributed by atoms with E-state index < -0.39 is 16.0 Å². The number of alkyl halides is 1. The molecule has 0 aromatic heterocycles. The van der Waals surface area contributed by atoms with Gasteiger partial charge in [0.1, 0.15) is 5.82 Å². The molecular formula is C17H18BrFN2O2S. The summed E-state index contributed by atoms with van der Waals surface area (Å²) in [5.41, 5.74) is 1.43. The van der Waals surface area contributed by atoms with Gasteiger partial charge in [-0.2, -0.15) is 12.7 Å². The molecule has 3 rings (SSSR count). The van der Waals surface area contributed by atoms with Crippen molar-refractivity contribution in [3.8, 4) is 0 Å². The van der Waals surface area contributed by atoms with Crippen LogP contribution in [-0.2, 0) is 16.8 Å². The van der Waals surface area contributed by atoms with Gasteiger partial charge in [-0.25, -0.2) is 8.70 Å². The molecule has 7 heteroatoms. The second kappa shape index (κ2) is 7.21. The standard InChI is InChI=1S/C17H18BrFN2O2S/c18-11-5-6-12-20-13-14-7-1-3-9-16(14)21(24(20,22)23)17-10-4-2-8-15(17)19/h1-4,7-10H,5-6,11-13H2. The second-order valence-corrected chi connectivity index (χ2v) is 8.15. The molecule has 0 fully saturated rings. The third kappa shape index (κ3) is 3.20. The highest BCUT2D eigenvalue weighted by Gasteiger charge is 2.38. The molecule has 0 saturated heterocycles. The minimum absolute atomic E-state index is 0.0511. The quantitative estimate of drug-likeness (QED) is 0.545. The molecule has 0 N–H and O–H groups in total. The van der Waals surface area contributed by atoms with Crippen LogP contribution in [0.1, 0.15) is 18.4 Å². The van der Waals surface area contributed by atoms with Crippen LogP contribution in [0.5, 0.6) is 0 Å². The van der Waals surface area contributed by atoms with Gasteiger partial charge in [0.05, 0.1) is 11.4 Å². The summed E-state index contributed by atoms with van der Waals surface area (Å²) in [6.07, 6.45) is 1.63. The Hall–Kier alpha value is -1.44. The van der Waals surface area contributed by atoms with Crippen molar-refractivity contribution in [2.24, 2.45) is 0 Å². The van der Waals surface area contributed by atoms with Crippen molar-refractivity contribution in [2.45, 2.75) is 19.4 Å². The SMILES string of the molecule is O=S1(=O)N(CCCCBr)Cc2ccccc2N1c1ccccc1F. The van der Waals surface area contributed by atoms with Crippen molar-refractivity contribution >= 4 is 37.5 Å². The minimum atomic E-state index is -3.82. The van der Waals surface area contributed by atoms with Crippen LogP contribution >= 0.6 is 15.9 Å². The number of hydrogen-bond acceptors (Lipinski definition) is 2. The molecule has 0 atom stereocenters. The van der Waals surface area contributed by atoms with E-state index in [0.717, 1.165) is 28.0 Å². The molecule has 2 aromatic rings. The first-order valence-corrected chi connectivity index (χ1v) is 10.3. The average Bonchev–Trinajstić information content (AvgIpc) is 2.56. The Morgan fingerprint density at radius 1 is 1.00 bits per heavy atom. The predicted molar refractivity (Wildman–Crippen MR) is 97.3 cm³/mol. The fourth-order valence-corrected chi connectivity index (χ4v) is 4.91. The molecule has 2 aromatic carbocycles. The van der Waals surface area contributed by atoms with Gasteiger partial charge >= 0.3 is 10.2 Å². The number of benzene rings is 2. The monoisotopic (exact) mass is 412 g/mol. The van der Waals surface area contributed by atoms with E-state index in [9.17, 15) is 12.8 Å². The lowest BCUT2D eigenvalue weighted by molar-refractivity contribution is 0.392. The lowest BCUT2D eigenvalue weighted by Crippen LogP contribution is -2.45. The van der Waals surface area contributed by atoms with Crippen molar-refractivity contribution in [1.29, 1.82) is 0 Å². The maximum absolute atomic E-state index is 14.3. The molecule has 1 heterocycles. The van der Waals surface area contributed by atoms with Crippen LogP contribution < -0.4 is 4.31 Å². The van der Waals surface area contributed by atoms with Gasteiger partial charge in [0.2, 0.25) is 0 Å². The van der Waals surface area contributed by atoms with E-state index in [1.807, 2.05) is 12.1 Å². The molecule has 1 aliphatic heterocycles. The molecule has 0 unspecified atom stereocenters. The van der Waals surface area contributed by atoms with Crippen LogP contribution in [0.3, 0.4) is 0 Å². The molecule has 0 bridgehead atoms. The molecule has 1 aliphatic rings. The Morgan fingerprint density at radius 3 is 2.38 bits per heavy atom. The van der Waals surface area contributed by atoms with Crippen LogP contribution in [0.4, 0.5) is 15.8 Å². The summed E-state index contributed by atoms with van der Waals surface area (Å²) in [5.74, 6) is -0.557. The zero-order chi connectivity index (χ0) is 17.2. The average molecular weight is 413 g/mol. The summed E-state index contributed by atoms with van der Waals surface area (Å²) in [6.45, 7) is 0.721. The number of nitrogens with zero attached hydrogens (tertiary/aromatic N) is 2. The summed E-state index contributed by atoms with van der Waals surface area (Å²) in [7, 11) is -3.82. The molecule has 0 radical (unpaired) electrons. The topological polar surface area (TPSA) is 40.6 Å². The molecule has 0 aliphatic carbocycles. The van der Waals surface area contributed by atoms with Gasteiger partial charge in [-0.1, -0.05) is 46.3 Å². The van der Waals surface area contributed by atoms with Crippen LogP contribution in [-0.4, -0.2) is 24.6 Å². The van der Waals surface area contributed by atoms with Gasteiger partial charge in [0.25, 0.3) is 0 Å². The Kier molecular flexibility index (Phi) is 5.22. The van der Waals surface area contributed by atoms with Crippen LogP contribution in [0.2, 0.25) is 0 Å². The maximum atomic E-state index is 14.3. The molecule has 0 spiro atoms. The number of rotatable bonds is 5. The fraction of sp³-hybridized carbons (Fsp3) is 0.294. The Labute approximate surface area is 150 Å². The van der Waals surface area contributed by atoms with Gasteiger partial charge in [0, 0.05) is 18.4 Å². The van der Waals surface area contributed by atoms with E-state index in [0.29, 0.717) is 18.8 Å². The first kappa shape index (κ1) is 17.4. The van der Waals surface area contributed by atoms with E-state index in [4.69, 9.17) is 0 Å². The molecule has 24 heavy (non-hydrogen) atoms. The number of para-hydroxylation sites is 2. The Bertz CT molecular complexity index is 829. The normalized spacial score (nSPS) is 16.8. The largest absolute Gasteiger partial charge is 0.308 e. The molecule has 0 amide bonds. The van der Waals surface area contributed by atoms with E-state index >= 15 is 0 Å². The summed E-state index contributed by atoms with van der Waals surface area (Å²) in [5, 5.41) is 0.828. The van der Waals surface area contributed by atoms with Gasteiger partial charge < -0.3 is 0 Å². The van der Waals surface area contributed by atoms with Crippen LogP contribution in [0, 0.1) is 5.82 Å². The Balaban J connectivity index is 2.09. The van der Waals surface area contributed by atoms with Gasteiger partial charge in [-0.05, 0) is 36.6 Å². The number of anilines is 2. The van der Waals surface area contributed by atoms with Gasteiger partial charge in [-0.15, -0.1) is 0 Å². The van der Waals surface area contributed by atoms with Crippen molar-refractivity contribution < 1.29 is 12.8 Å². The van der Waals surface area contributed by atoms with Crippen molar-refractivity contribution in [1.82, 2.24) is 4.31 Å². The van der Waals surface area contributed by atoms with E-state index in [1.54, 1.807) is 24.3 Å². The van der Waals surface area contributed by atoms with Crippen LogP contribution in [0.25, 0.3) is 0 Å². The number of unbranched alkanes of at least 4 members (excludes halogenated alkanes) is 1. The molecule has 0 saturated carbocycles. The van der Waals surface area contributed by atoms with Crippen molar-refractivity contribution in [3.63, 3.8) is 0 Å². The summed E-state index contributed by atoms with van der Waals surface area (Å²) < 4.78 is 43.0. The first-order chi connectivity index (χ1) is 11.6. The van der Waals surface area contributed by atoms with Gasteiger partial charge in [0.15, 0.2) is 0 Å². The molecular weight excluding hydrogens is 395 g/mol. The molecule has 128 valence electrons. The smallest absolute Gasteiger partial charge is 0.222 e. The first-order valence-electron chi connectivity index (χ1n) is 7.74. The summed E-state index contributed by atoms with van der Waals surface area (Å²) >= 11 is 3.36. The highest BCUT2D eigenvalue weighted by molar-refractivity contribution is 9.09. The number of halogens is 2. The third-order valence-corrected chi connectivity index (χ3v) is 6.36. The molecule has 4 nitrogen and oxygen atoms in total. The number of fused-ring (bicyclic) bond motifs is 1. The maximum Gasteiger partial charge on any atom is 0.308 e. The summed E-state index contributed by atoms with van der Waals surface area (Å²) in [4.78, 5) is 0. The minimum Gasteiger partial charge on any atom is -0.222 e. The van der Waals surface area contributed by atoms with E-state index in [-0.39, 0.29) is 5.69 Å².